The molecule has 15 heavy (non-hydrogen) atoms. The van der Waals surface area contributed by atoms with Crippen LogP contribution in [0.3, 0.4) is 0 Å². The van der Waals surface area contributed by atoms with Crippen molar-refractivity contribution in [3.63, 3.8) is 0 Å². The molecule has 1 heterocycles. The van der Waals surface area contributed by atoms with E-state index >= 15 is 0 Å². The van der Waals surface area contributed by atoms with Crippen LogP contribution in [0.15, 0.2) is 0 Å². The number of carboxylic acid groups (broad SMARTS) is 1. The SMILES string of the molecule is O=C(O)CN(C(=O)C1CCCS1)C1CC1. The molecular formula is C10H15NO3S. The minimum atomic E-state index is -0.904. The van der Waals surface area contributed by atoms with E-state index in [2.05, 4.69) is 0 Å². The molecule has 1 saturated carbocycles. The molecule has 1 unspecified atom stereocenters. The van der Waals surface area contributed by atoms with Crippen LogP contribution in [0, 0.1) is 0 Å². The molecule has 1 atom stereocenters. The van der Waals surface area contributed by atoms with Gasteiger partial charge in [0, 0.05) is 6.04 Å². The maximum absolute atomic E-state index is 12.0. The Morgan fingerprint density at radius 2 is 2.07 bits per heavy atom. The molecule has 2 fully saturated rings. The van der Waals surface area contributed by atoms with Crippen LogP contribution in [0.5, 0.6) is 0 Å². The van der Waals surface area contributed by atoms with E-state index in [4.69, 9.17) is 5.11 Å². The van der Waals surface area contributed by atoms with Crippen LogP contribution < -0.4 is 0 Å². The van der Waals surface area contributed by atoms with Crippen LogP contribution in [-0.4, -0.2) is 45.5 Å². The molecule has 1 amide bonds. The van der Waals surface area contributed by atoms with Crippen LogP contribution in [0.4, 0.5) is 0 Å². The Morgan fingerprint density at radius 1 is 1.33 bits per heavy atom. The standard InChI is InChI=1S/C10H15NO3S/c12-9(13)6-11(7-3-4-7)10(14)8-2-1-5-15-8/h7-8H,1-6H2,(H,12,13). The van der Waals surface area contributed by atoms with Gasteiger partial charge in [0.2, 0.25) is 5.91 Å². The van der Waals surface area contributed by atoms with E-state index in [1.807, 2.05) is 0 Å². The molecule has 5 heteroatoms. The van der Waals surface area contributed by atoms with E-state index in [1.54, 1.807) is 16.7 Å². The summed E-state index contributed by atoms with van der Waals surface area (Å²) in [5.41, 5.74) is 0. The predicted octanol–water partition coefficient (Wildman–Crippen LogP) is 0.958. The minimum Gasteiger partial charge on any atom is -0.480 e. The van der Waals surface area contributed by atoms with E-state index in [0.717, 1.165) is 31.4 Å². The normalized spacial score (nSPS) is 25.2. The molecule has 0 aromatic carbocycles. The Hall–Kier alpha value is -0.710. The van der Waals surface area contributed by atoms with Gasteiger partial charge in [-0.3, -0.25) is 9.59 Å². The highest BCUT2D eigenvalue weighted by Gasteiger charge is 2.37. The highest BCUT2D eigenvalue weighted by Crippen LogP contribution is 2.32. The lowest BCUT2D eigenvalue weighted by Gasteiger charge is -2.23. The van der Waals surface area contributed by atoms with E-state index in [9.17, 15) is 9.59 Å². The van der Waals surface area contributed by atoms with Crippen molar-refractivity contribution in [2.24, 2.45) is 0 Å². The first-order chi connectivity index (χ1) is 7.18. The third-order valence-electron chi connectivity index (χ3n) is 2.78. The summed E-state index contributed by atoms with van der Waals surface area (Å²) in [5.74, 6) is 0.169. The van der Waals surface area contributed by atoms with Gasteiger partial charge < -0.3 is 10.0 Å². The molecule has 4 nitrogen and oxygen atoms in total. The number of nitrogens with zero attached hydrogens (tertiary/aromatic N) is 1. The molecule has 0 aromatic rings. The monoisotopic (exact) mass is 229 g/mol. The number of amides is 1. The maximum atomic E-state index is 12.0. The van der Waals surface area contributed by atoms with Crippen LogP contribution in [0.25, 0.3) is 0 Å². The summed E-state index contributed by atoms with van der Waals surface area (Å²) in [5, 5.41) is 8.77. The average Bonchev–Trinajstić information content (AvgIpc) is 2.88. The average molecular weight is 229 g/mol. The predicted molar refractivity (Wildman–Crippen MR) is 57.9 cm³/mol. The Morgan fingerprint density at radius 3 is 2.53 bits per heavy atom. The summed E-state index contributed by atoms with van der Waals surface area (Å²) in [6.45, 7) is -0.124. The second-order valence-corrected chi connectivity index (χ2v) is 5.40. The van der Waals surface area contributed by atoms with Crippen molar-refractivity contribution in [1.82, 2.24) is 4.90 Å². The van der Waals surface area contributed by atoms with Gasteiger partial charge in [0.15, 0.2) is 0 Å². The first-order valence-electron chi connectivity index (χ1n) is 5.32. The molecule has 2 rings (SSSR count). The van der Waals surface area contributed by atoms with E-state index in [1.165, 1.54) is 0 Å². The zero-order chi connectivity index (χ0) is 10.8. The topological polar surface area (TPSA) is 57.6 Å². The fourth-order valence-electron chi connectivity index (χ4n) is 1.88. The first-order valence-corrected chi connectivity index (χ1v) is 6.37. The van der Waals surface area contributed by atoms with Crippen LogP contribution in [0.2, 0.25) is 0 Å². The number of aliphatic carboxylic acids is 1. The first kappa shape index (κ1) is 10.8. The van der Waals surface area contributed by atoms with Gasteiger partial charge in [0.1, 0.15) is 6.54 Å². The van der Waals surface area contributed by atoms with E-state index in [-0.39, 0.29) is 23.7 Å². The summed E-state index contributed by atoms with van der Waals surface area (Å²) in [6, 6.07) is 0.204. The summed E-state index contributed by atoms with van der Waals surface area (Å²) >= 11 is 1.67. The fourth-order valence-corrected chi connectivity index (χ4v) is 3.11. The van der Waals surface area contributed by atoms with Crippen molar-refractivity contribution in [3.05, 3.63) is 0 Å². The van der Waals surface area contributed by atoms with Gasteiger partial charge in [-0.2, -0.15) is 0 Å². The van der Waals surface area contributed by atoms with Crippen molar-refractivity contribution in [2.75, 3.05) is 12.3 Å². The van der Waals surface area contributed by atoms with Gasteiger partial charge in [0.25, 0.3) is 0 Å². The zero-order valence-corrected chi connectivity index (χ0v) is 9.33. The zero-order valence-electron chi connectivity index (χ0n) is 8.52. The number of carboxylic acids is 1. The molecule has 1 N–H and O–H groups in total. The molecule has 0 aromatic heterocycles. The number of rotatable bonds is 4. The lowest BCUT2D eigenvalue weighted by atomic mass is 10.2. The minimum absolute atomic E-state index is 0.0185. The molecule has 2 aliphatic rings. The smallest absolute Gasteiger partial charge is 0.323 e. The third-order valence-corrected chi connectivity index (χ3v) is 4.15. The second-order valence-electron chi connectivity index (χ2n) is 4.09. The van der Waals surface area contributed by atoms with Gasteiger partial charge >= 0.3 is 5.97 Å². The van der Waals surface area contributed by atoms with Gasteiger partial charge in [-0.15, -0.1) is 11.8 Å². The fraction of sp³-hybridized carbons (Fsp3) is 0.800. The molecule has 0 bridgehead atoms. The highest BCUT2D eigenvalue weighted by atomic mass is 32.2. The maximum Gasteiger partial charge on any atom is 0.323 e. The van der Waals surface area contributed by atoms with Gasteiger partial charge in [0.05, 0.1) is 5.25 Å². The van der Waals surface area contributed by atoms with Crippen molar-refractivity contribution in [2.45, 2.75) is 37.0 Å². The lowest BCUT2D eigenvalue weighted by molar-refractivity contribution is -0.144. The van der Waals surface area contributed by atoms with Crippen LogP contribution in [0.1, 0.15) is 25.7 Å². The molecular weight excluding hydrogens is 214 g/mol. The largest absolute Gasteiger partial charge is 0.480 e. The van der Waals surface area contributed by atoms with Crippen LogP contribution >= 0.6 is 11.8 Å². The number of thioether (sulfide) groups is 1. The van der Waals surface area contributed by atoms with Gasteiger partial charge in [-0.1, -0.05) is 0 Å². The summed E-state index contributed by atoms with van der Waals surface area (Å²) in [6.07, 6.45) is 3.92. The molecule has 1 saturated heterocycles. The summed E-state index contributed by atoms with van der Waals surface area (Å²) in [7, 11) is 0. The Labute approximate surface area is 93.0 Å². The molecule has 0 spiro atoms. The van der Waals surface area contributed by atoms with Crippen molar-refractivity contribution in [3.8, 4) is 0 Å². The second kappa shape index (κ2) is 4.43. The van der Waals surface area contributed by atoms with Crippen molar-refractivity contribution >= 4 is 23.6 Å². The van der Waals surface area contributed by atoms with Crippen molar-refractivity contribution < 1.29 is 14.7 Å². The molecule has 0 radical (unpaired) electrons. The van der Waals surface area contributed by atoms with Gasteiger partial charge in [-0.05, 0) is 31.4 Å². The Kier molecular flexibility index (Phi) is 3.19. The Bertz CT molecular complexity index is 272. The number of hydrogen-bond donors (Lipinski definition) is 1. The lowest BCUT2D eigenvalue weighted by Crippen LogP contribution is -2.41. The number of hydrogen-bond acceptors (Lipinski definition) is 3. The quantitative estimate of drug-likeness (QED) is 0.780. The molecule has 1 aliphatic heterocycles. The van der Waals surface area contributed by atoms with Crippen molar-refractivity contribution in [1.29, 1.82) is 0 Å². The Balaban J connectivity index is 1.96. The summed E-state index contributed by atoms with van der Waals surface area (Å²) in [4.78, 5) is 24.2. The molecule has 1 aliphatic carbocycles. The highest BCUT2D eigenvalue weighted by molar-refractivity contribution is 8.00. The number of carbonyl (C=O) groups is 2. The number of carbonyl (C=O) groups excluding carboxylic acids is 1. The third kappa shape index (κ3) is 2.65. The van der Waals surface area contributed by atoms with Crippen LogP contribution in [-0.2, 0) is 9.59 Å². The summed E-state index contributed by atoms with van der Waals surface area (Å²) < 4.78 is 0. The van der Waals surface area contributed by atoms with E-state index < -0.39 is 5.97 Å². The van der Waals surface area contributed by atoms with E-state index in [0.29, 0.717) is 0 Å². The van der Waals surface area contributed by atoms with Gasteiger partial charge in [-0.25, -0.2) is 0 Å². The molecule has 84 valence electrons.